The van der Waals surface area contributed by atoms with Crippen molar-refractivity contribution in [3.05, 3.63) is 0 Å². The molecule has 8 heteroatoms. The van der Waals surface area contributed by atoms with Gasteiger partial charge in [-0.3, -0.25) is 19.2 Å². The Morgan fingerprint density at radius 3 is 1.76 bits per heavy atom. The third kappa shape index (κ3) is 32.2. The fraction of sp³-hybridized carbons (Fsp3) is 0.846. The molecular weight excluding hydrogens is 432 g/mol. The first-order chi connectivity index (χ1) is 16.3. The molecular formula is C26H58N4O4. The van der Waals surface area contributed by atoms with Crippen LogP contribution in [0.2, 0.25) is 0 Å². The minimum atomic E-state index is -0.647. The molecule has 0 aromatic rings. The highest BCUT2D eigenvalue weighted by molar-refractivity contribution is 6.37. The highest BCUT2D eigenvalue weighted by atomic mass is 16.2. The van der Waals surface area contributed by atoms with Gasteiger partial charge >= 0.3 is 0 Å². The predicted molar refractivity (Wildman–Crippen MR) is 146 cm³/mol. The van der Waals surface area contributed by atoms with Crippen LogP contribution in [0.15, 0.2) is 0 Å². The second kappa shape index (κ2) is 38.3. The van der Waals surface area contributed by atoms with Crippen LogP contribution in [-0.2, 0) is 19.2 Å². The van der Waals surface area contributed by atoms with Crippen LogP contribution in [0.3, 0.4) is 0 Å². The SMILES string of the molecule is CC.CC.CC1CCCN1C(=O)CN.CCC.CCCCC.CCCNC(=O)C(=O)CNC=O. The summed E-state index contributed by atoms with van der Waals surface area (Å²) >= 11 is 0. The van der Waals surface area contributed by atoms with Gasteiger partial charge in [0.15, 0.2) is 0 Å². The number of carbonyl (C=O) groups is 4. The molecule has 0 bridgehead atoms. The minimum absolute atomic E-state index is 0.0880. The van der Waals surface area contributed by atoms with Crippen molar-refractivity contribution in [2.24, 2.45) is 5.73 Å². The van der Waals surface area contributed by atoms with Crippen LogP contribution >= 0.6 is 0 Å². The Labute approximate surface area is 211 Å². The van der Waals surface area contributed by atoms with E-state index in [0.717, 1.165) is 25.8 Å². The number of nitrogens with one attached hydrogen (secondary N) is 2. The molecule has 4 N–H and O–H groups in total. The molecule has 1 heterocycles. The van der Waals surface area contributed by atoms with Gasteiger partial charge in [0.1, 0.15) is 0 Å². The van der Waals surface area contributed by atoms with Gasteiger partial charge < -0.3 is 21.3 Å². The Balaban J connectivity index is -0.000000114. The van der Waals surface area contributed by atoms with E-state index in [0.29, 0.717) is 19.0 Å². The Hall–Kier alpha value is -1.96. The number of hydrogen-bond donors (Lipinski definition) is 3. The second-order valence-corrected chi connectivity index (χ2v) is 7.02. The van der Waals surface area contributed by atoms with Crippen LogP contribution in [-0.4, -0.2) is 61.1 Å². The number of unbranched alkanes of at least 4 members (excludes halogenated alkanes) is 2. The number of nitrogens with two attached hydrogens (primary N) is 1. The average molecular weight is 491 g/mol. The van der Waals surface area contributed by atoms with E-state index in [-0.39, 0.29) is 19.0 Å². The molecule has 3 amide bonds. The van der Waals surface area contributed by atoms with E-state index in [1.54, 1.807) is 0 Å². The van der Waals surface area contributed by atoms with Gasteiger partial charge in [0, 0.05) is 19.1 Å². The molecule has 1 atom stereocenters. The molecule has 206 valence electrons. The Morgan fingerprint density at radius 2 is 1.47 bits per heavy atom. The highest BCUT2D eigenvalue weighted by Crippen LogP contribution is 2.15. The van der Waals surface area contributed by atoms with Crippen molar-refractivity contribution in [2.75, 3.05) is 26.2 Å². The van der Waals surface area contributed by atoms with Crippen molar-refractivity contribution in [3.63, 3.8) is 0 Å². The van der Waals surface area contributed by atoms with Gasteiger partial charge in [0.25, 0.3) is 5.91 Å². The van der Waals surface area contributed by atoms with Gasteiger partial charge in [-0.15, -0.1) is 0 Å². The van der Waals surface area contributed by atoms with Crippen molar-refractivity contribution in [2.45, 2.75) is 120 Å². The van der Waals surface area contributed by atoms with Gasteiger partial charge in [0.2, 0.25) is 18.1 Å². The summed E-state index contributed by atoms with van der Waals surface area (Å²) in [5.41, 5.74) is 5.22. The molecule has 0 saturated carbocycles. The lowest BCUT2D eigenvalue weighted by atomic mass is 10.2. The number of carbonyl (C=O) groups excluding carboxylic acids is 4. The van der Waals surface area contributed by atoms with Crippen molar-refractivity contribution in [3.8, 4) is 0 Å². The maximum Gasteiger partial charge on any atom is 0.289 e. The van der Waals surface area contributed by atoms with E-state index >= 15 is 0 Å². The molecule has 0 radical (unpaired) electrons. The van der Waals surface area contributed by atoms with Crippen LogP contribution in [0.5, 0.6) is 0 Å². The fourth-order valence-electron chi connectivity index (χ4n) is 2.33. The molecule has 34 heavy (non-hydrogen) atoms. The van der Waals surface area contributed by atoms with Gasteiger partial charge in [-0.05, 0) is 26.2 Å². The van der Waals surface area contributed by atoms with Crippen molar-refractivity contribution in [1.82, 2.24) is 15.5 Å². The number of likely N-dealkylation sites (tertiary alicyclic amines) is 1. The average Bonchev–Trinajstić information content (AvgIpc) is 3.30. The summed E-state index contributed by atoms with van der Waals surface area (Å²) in [6.45, 7) is 21.9. The molecule has 1 saturated heterocycles. The maximum absolute atomic E-state index is 11.0. The van der Waals surface area contributed by atoms with Crippen LogP contribution in [0, 0.1) is 0 Å². The molecule has 0 aliphatic carbocycles. The van der Waals surface area contributed by atoms with E-state index < -0.39 is 11.7 Å². The van der Waals surface area contributed by atoms with Crippen LogP contribution in [0.4, 0.5) is 0 Å². The normalized spacial score (nSPS) is 12.7. The lowest BCUT2D eigenvalue weighted by molar-refractivity contribution is -0.137. The second-order valence-electron chi connectivity index (χ2n) is 7.02. The molecule has 1 aliphatic heterocycles. The summed E-state index contributed by atoms with van der Waals surface area (Å²) in [5.74, 6) is -1.19. The number of ketones is 1. The molecule has 8 nitrogen and oxygen atoms in total. The summed E-state index contributed by atoms with van der Waals surface area (Å²) in [4.78, 5) is 44.2. The van der Waals surface area contributed by atoms with Crippen LogP contribution in [0.1, 0.15) is 114 Å². The standard InChI is InChI=1S/C7H12N2O3.C7H14N2O.C5H12.C3H8.2C2H6/c1-2-3-9-7(12)6(11)4-8-5-10;1-6-3-2-4-9(6)7(10)5-8;1-3-5-4-2;1-3-2;2*1-2/h5H,2-4H2,1H3,(H,8,10)(H,9,12);6H,2-5,8H2,1H3;3-5H2,1-2H3;3H2,1-2H3;2*1-2H3. The van der Waals surface area contributed by atoms with Crippen LogP contribution in [0.25, 0.3) is 0 Å². The first kappa shape index (κ1) is 42.2. The van der Waals surface area contributed by atoms with E-state index in [4.69, 9.17) is 5.73 Å². The lowest BCUT2D eigenvalue weighted by Crippen LogP contribution is -2.37. The third-order valence-electron chi connectivity index (χ3n) is 3.89. The van der Waals surface area contributed by atoms with E-state index in [2.05, 4.69) is 45.3 Å². The minimum Gasteiger partial charge on any atom is -0.351 e. The number of nitrogens with zero attached hydrogens (tertiary/aromatic N) is 1. The zero-order valence-electron chi connectivity index (χ0n) is 24.1. The predicted octanol–water partition coefficient (Wildman–Crippen LogP) is 4.45. The summed E-state index contributed by atoms with van der Waals surface area (Å²) in [7, 11) is 0. The lowest BCUT2D eigenvalue weighted by Gasteiger charge is -2.19. The molecule has 0 aromatic heterocycles. The van der Waals surface area contributed by atoms with Gasteiger partial charge in [-0.2, -0.15) is 0 Å². The molecule has 1 rings (SSSR count). The third-order valence-corrected chi connectivity index (χ3v) is 3.89. The van der Waals surface area contributed by atoms with E-state index in [1.165, 1.54) is 25.7 Å². The van der Waals surface area contributed by atoms with Crippen molar-refractivity contribution in [1.29, 1.82) is 0 Å². The molecule has 1 fully saturated rings. The Kier molecular flexibility index (Phi) is 47.6. The first-order valence-corrected chi connectivity index (χ1v) is 13.3. The molecule has 1 aliphatic rings. The summed E-state index contributed by atoms with van der Waals surface area (Å²) in [5, 5.41) is 4.51. The van der Waals surface area contributed by atoms with E-state index in [9.17, 15) is 19.2 Å². The summed E-state index contributed by atoms with van der Waals surface area (Å²) in [6, 6.07) is 0.413. The largest absolute Gasteiger partial charge is 0.351 e. The van der Waals surface area contributed by atoms with Crippen LogP contribution < -0.4 is 16.4 Å². The van der Waals surface area contributed by atoms with Gasteiger partial charge in [-0.25, -0.2) is 0 Å². The summed E-state index contributed by atoms with van der Waals surface area (Å²) in [6.07, 6.45) is 8.75. The molecule has 0 aromatic carbocycles. The maximum atomic E-state index is 11.0. The Bertz CT molecular complexity index is 445. The Morgan fingerprint density at radius 1 is 0.971 bits per heavy atom. The van der Waals surface area contributed by atoms with Gasteiger partial charge in [0.05, 0.1) is 13.1 Å². The zero-order chi connectivity index (χ0) is 27.8. The van der Waals surface area contributed by atoms with Crippen molar-refractivity contribution < 1.29 is 19.2 Å². The molecule has 0 spiro atoms. The highest BCUT2D eigenvalue weighted by Gasteiger charge is 2.23. The number of rotatable bonds is 9. The topological polar surface area (TPSA) is 122 Å². The van der Waals surface area contributed by atoms with Gasteiger partial charge in [-0.1, -0.05) is 88.0 Å². The number of hydrogen-bond acceptors (Lipinski definition) is 5. The van der Waals surface area contributed by atoms with E-state index in [1.807, 2.05) is 39.5 Å². The fourth-order valence-corrected chi connectivity index (χ4v) is 2.33. The quantitative estimate of drug-likeness (QED) is 0.326. The summed E-state index contributed by atoms with van der Waals surface area (Å²) < 4.78 is 0. The monoisotopic (exact) mass is 490 g/mol. The zero-order valence-corrected chi connectivity index (χ0v) is 24.1. The number of Topliss-reactive ketones (excluding diaryl/α,β-unsaturated/α-hetero) is 1. The van der Waals surface area contributed by atoms with Crippen molar-refractivity contribution >= 4 is 24.0 Å². The first-order valence-electron chi connectivity index (χ1n) is 13.3. The number of amides is 3. The molecule has 1 unspecified atom stereocenters. The smallest absolute Gasteiger partial charge is 0.289 e.